The van der Waals surface area contributed by atoms with E-state index in [1.807, 2.05) is 0 Å². The molecule has 0 aliphatic heterocycles. The topological polar surface area (TPSA) is 64.6 Å². The molecule has 2 aromatic carbocycles. The highest BCUT2D eigenvalue weighted by molar-refractivity contribution is 9.10. The molecule has 0 saturated carbocycles. The van der Waals surface area contributed by atoms with Crippen LogP contribution in [0.25, 0.3) is 0 Å². The summed E-state index contributed by atoms with van der Waals surface area (Å²) in [5.74, 6) is 0.390. The van der Waals surface area contributed by atoms with Gasteiger partial charge in [0.25, 0.3) is 0 Å². The number of benzene rings is 2. The van der Waals surface area contributed by atoms with Crippen LogP contribution in [-0.4, -0.2) is 19.0 Å². The largest absolute Gasteiger partial charge is 0.496 e. The average molecular weight is 378 g/mol. The number of methoxy groups -OCH3 is 1. The fourth-order valence-electron chi connectivity index (χ4n) is 1.85. The molecule has 0 saturated heterocycles. The summed E-state index contributed by atoms with van der Waals surface area (Å²) in [4.78, 5) is 23.6. The molecule has 120 valence electrons. The minimum Gasteiger partial charge on any atom is -0.496 e. The molecule has 5 nitrogen and oxygen atoms in total. The maximum atomic E-state index is 12.2. The summed E-state index contributed by atoms with van der Waals surface area (Å²) in [5, 5.41) is 2.71. The molecule has 1 N–H and O–H groups in total. The monoisotopic (exact) mass is 377 g/mol. The van der Waals surface area contributed by atoms with E-state index in [2.05, 4.69) is 21.2 Å². The van der Waals surface area contributed by atoms with Gasteiger partial charge in [0, 0.05) is 18.2 Å². The molecule has 6 heteroatoms. The second-order valence-electron chi connectivity index (χ2n) is 4.67. The number of anilines is 1. The number of ether oxygens (including phenoxy) is 2. The second kappa shape index (κ2) is 7.78. The van der Waals surface area contributed by atoms with Gasteiger partial charge in [-0.05, 0) is 46.3 Å². The van der Waals surface area contributed by atoms with Crippen molar-refractivity contribution in [3.05, 3.63) is 52.5 Å². The van der Waals surface area contributed by atoms with Gasteiger partial charge in [-0.25, -0.2) is 4.79 Å². The number of nitrogens with one attached hydrogen (secondary N) is 1. The third kappa shape index (κ3) is 4.56. The van der Waals surface area contributed by atoms with Gasteiger partial charge in [-0.3, -0.25) is 4.79 Å². The van der Waals surface area contributed by atoms with Crippen LogP contribution in [0, 0.1) is 0 Å². The Hall–Kier alpha value is -2.34. The Balaban J connectivity index is 2.12. The number of rotatable bonds is 5. The van der Waals surface area contributed by atoms with E-state index < -0.39 is 5.97 Å². The van der Waals surface area contributed by atoms with E-state index in [-0.39, 0.29) is 5.91 Å². The standard InChI is InChI=1S/C17H16BrNO4/c1-3-16(20)19-12-5-4-6-13(10-12)23-17(21)11-7-8-15(22-2)14(18)9-11/h4-10H,3H2,1-2H3,(H,19,20). The maximum Gasteiger partial charge on any atom is 0.343 e. The van der Waals surface area contributed by atoms with Gasteiger partial charge in [-0.1, -0.05) is 13.0 Å². The van der Waals surface area contributed by atoms with Gasteiger partial charge >= 0.3 is 5.97 Å². The van der Waals surface area contributed by atoms with E-state index in [0.717, 1.165) is 0 Å². The van der Waals surface area contributed by atoms with E-state index in [1.165, 1.54) is 0 Å². The first-order chi connectivity index (χ1) is 11.0. The van der Waals surface area contributed by atoms with Crippen molar-refractivity contribution < 1.29 is 19.1 Å². The number of carbonyl (C=O) groups is 2. The van der Waals surface area contributed by atoms with Gasteiger partial charge in [0.05, 0.1) is 17.1 Å². The van der Waals surface area contributed by atoms with Crippen molar-refractivity contribution in [2.45, 2.75) is 13.3 Å². The first-order valence-corrected chi connectivity index (χ1v) is 7.78. The third-order valence-corrected chi connectivity index (χ3v) is 3.66. The molecule has 23 heavy (non-hydrogen) atoms. The van der Waals surface area contributed by atoms with E-state index in [9.17, 15) is 9.59 Å². The maximum absolute atomic E-state index is 12.2. The lowest BCUT2D eigenvalue weighted by Crippen LogP contribution is -2.11. The third-order valence-electron chi connectivity index (χ3n) is 3.04. The van der Waals surface area contributed by atoms with Gasteiger partial charge in [0.1, 0.15) is 11.5 Å². The average Bonchev–Trinajstić information content (AvgIpc) is 2.54. The van der Waals surface area contributed by atoms with Crippen LogP contribution in [0.4, 0.5) is 5.69 Å². The van der Waals surface area contributed by atoms with Crippen LogP contribution >= 0.6 is 15.9 Å². The van der Waals surface area contributed by atoms with E-state index >= 15 is 0 Å². The van der Waals surface area contributed by atoms with Crippen LogP contribution in [0.5, 0.6) is 11.5 Å². The fourth-order valence-corrected chi connectivity index (χ4v) is 2.39. The summed E-state index contributed by atoms with van der Waals surface area (Å²) in [6, 6.07) is 11.6. The molecule has 0 heterocycles. The minimum absolute atomic E-state index is 0.104. The van der Waals surface area contributed by atoms with Crippen LogP contribution in [0.3, 0.4) is 0 Å². The van der Waals surface area contributed by atoms with Crippen molar-refractivity contribution >= 4 is 33.5 Å². The zero-order valence-electron chi connectivity index (χ0n) is 12.8. The first kappa shape index (κ1) is 17.0. The lowest BCUT2D eigenvalue weighted by atomic mass is 10.2. The molecule has 0 unspecified atom stereocenters. The molecular weight excluding hydrogens is 362 g/mol. The molecular formula is C17H16BrNO4. The molecule has 2 rings (SSSR count). The van der Waals surface area contributed by atoms with E-state index in [4.69, 9.17) is 9.47 Å². The van der Waals surface area contributed by atoms with Crippen LogP contribution in [-0.2, 0) is 4.79 Å². The highest BCUT2D eigenvalue weighted by Crippen LogP contribution is 2.26. The number of esters is 1. The number of amides is 1. The Bertz CT molecular complexity index is 730. The van der Waals surface area contributed by atoms with Crippen molar-refractivity contribution in [1.82, 2.24) is 0 Å². The number of halogens is 1. The molecule has 0 spiro atoms. The smallest absolute Gasteiger partial charge is 0.343 e. The predicted molar refractivity (Wildman–Crippen MR) is 91.0 cm³/mol. The van der Waals surface area contributed by atoms with Gasteiger partial charge < -0.3 is 14.8 Å². The Morgan fingerprint density at radius 1 is 1.17 bits per heavy atom. The van der Waals surface area contributed by atoms with Crippen LogP contribution in [0.2, 0.25) is 0 Å². The summed E-state index contributed by atoms with van der Waals surface area (Å²) < 4.78 is 11.1. The zero-order chi connectivity index (χ0) is 16.8. The number of hydrogen-bond acceptors (Lipinski definition) is 4. The molecule has 0 aliphatic carbocycles. The summed E-state index contributed by atoms with van der Waals surface area (Å²) in [6.07, 6.45) is 0.379. The van der Waals surface area contributed by atoms with Crippen molar-refractivity contribution in [3.8, 4) is 11.5 Å². The van der Waals surface area contributed by atoms with Crippen molar-refractivity contribution in [3.63, 3.8) is 0 Å². The molecule has 0 radical (unpaired) electrons. The molecule has 2 aromatic rings. The Morgan fingerprint density at radius 3 is 2.61 bits per heavy atom. The van der Waals surface area contributed by atoms with Gasteiger partial charge in [0.15, 0.2) is 0 Å². The Labute approximate surface area is 142 Å². The van der Waals surface area contributed by atoms with Crippen molar-refractivity contribution in [2.75, 3.05) is 12.4 Å². The molecule has 0 aromatic heterocycles. The van der Waals surface area contributed by atoms with Gasteiger partial charge in [0.2, 0.25) is 5.91 Å². The Kier molecular flexibility index (Phi) is 5.76. The minimum atomic E-state index is -0.493. The molecule has 0 aliphatic rings. The first-order valence-electron chi connectivity index (χ1n) is 6.99. The molecule has 0 bridgehead atoms. The molecule has 1 amide bonds. The van der Waals surface area contributed by atoms with Crippen LogP contribution in [0.1, 0.15) is 23.7 Å². The van der Waals surface area contributed by atoms with E-state index in [0.29, 0.717) is 33.6 Å². The lowest BCUT2D eigenvalue weighted by Gasteiger charge is -2.09. The highest BCUT2D eigenvalue weighted by Gasteiger charge is 2.12. The van der Waals surface area contributed by atoms with Crippen LogP contribution in [0.15, 0.2) is 46.9 Å². The summed E-state index contributed by atoms with van der Waals surface area (Å²) >= 11 is 3.33. The normalized spacial score (nSPS) is 10.0. The van der Waals surface area contributed by atoms with Crippen LogP contribution < -0.4 is 14.8 Å². The molecule has 0 fully saturated rings. The summed E-state index contributed by atoms with van der Waals surface area (Å²) in [7, 11) is 1.55. The van der Waals surface area contributed by atoms with Gasteiger partial charge in [-0.15, -0.1) is 0 Å². The quantitative estimate of drug-likeness (QED) is 0.631. The summed E-state index contributed by atoms with van der Waals surface area (Å²) in [6.45, 7) is 1.76. The number of carbonyl (C=O) groups excluding carboxylic acids is 2. The zero-order valence-corrected chi connectivity index (χ0v) is 14.3. The predicted octanol–water partition coefficient (Wildman–Crippen LogP) is 4.03. The van der Waals surface area contributed by atoms with Crippen molar-refractivity contribution in [2.24, 2.45) is 0 Å². The fraction of sp³-hybridized carbons (Fsp3) is 0.176. The summed E-state index contributed by atoms with van der Waals surface area (Å²) in [5.41, 5.74) is 0.971. The lowest BCUT2D eigenvalue weighted by molar-refractivity contribution is -0.115. The number of hydrogen-bond donors (Lipinski definition) is 1. The van der Waals surface area contributed by atoms with Gasteiger partial charge in [-0.2, -0.15) is 0 Å². The highest BCUT2D eigenvalue weighted by atomic mass is 79.9. The second-order valence-corrected chi connectivity index (χ2v) is 5.52. The van der Waals surface area contributed by atoms with Crippen molar-refractivity contribution in [1.29, 1.82) is 0 Å². The molecule has 0 atom stereocenters. The van der Waals surface area contributed by atoms with E-state index in [1.54, 1.807) is 56.5 Å². The SMILES string of the molecule is CCC(=O)Nc1cccc(OC(=O)c2ccc(OC)c(Br)c2)c1. The Morgan fingerprint density at radius 2 is 1.96 bits per heavy atom.